The summed E-state index contributed by atoms with van der Waals surface area (Å²) in [5, 5.41) is 5.35. The van der Waals surface area contributed by atoms with Gasteiger partial charge >= 0.3 is 12.0 Å². The topological polar surface area (TPSA) is 100 Å². The second kappa shape index (κ2) is 6.95. The Morgan fingerprint density at radius 1 is 1.13 bits per heavy atom. The van der Waals surface area contributed by atoms with Crippen molar-refractivity contribution in [2.24, 2.45) is 0 Å². The van der Waals surface area contributed by atoms with E-state index in [0.717, 1.165) is 5.52 Å². The van der Waals surface area contributed by atoms with Crippen LogP contribution in [0.1, 0.15) is 31.1 Å². The van der Waals surface area contributed by atoms with Crippen molar-refractivity contribution in [1.29, 1.82) is 0 Å². The summed E-state index contributed by atoms with van der Waals surface area (Å²) in [6.07, 6.45) is 0.442. The largest absolute Gasteiger partial charge is 0.449 e. The van der Waals surface area contributed by atoms with Crippen LogP contribution >= 0.6 is 0 Å². The molecular formula is C16H19N3O4. The van der Waals surface area contributed by atoms with Crippen LogP contribution in [0.25, 0.3) is 10.9 Å². The summed E-state index contributed by atoms with van der Waals surface area (Å²) in [7, 11) is 0. The average Bonchev–Trinajstić information content (AvgIpc) is 2.90. The molecule has 7 nitrogen and oxygen atoms in total. The first-order chi connectivity index (χ1) is 10.9. The van der Waals surface area contributed by atoms with E-state index in [-0.39, 0.29) is 6.04 Å². The molecule has 2 rings (SSSR count). The summed E-state index contributed by atoms with van der Waals surface area (Å²) in [5.41, 5.74) is 1.14. The van der Waals surface area contributed by atoms with Crippen LogP contribution in [0.4, 0.5) is 4.79 Å². The van der Waals surface area contributed by atoms with Crippen molar-refractivity contribution in [3.05, 3.63) is 36.0 Å². The fourth-order valence-corrected chi connectivity index (χ4v) is 2.03. The number of benzene rings is 1. The molecule has 1 aromatic carbocycles. The SMILES string of the molecule is CC(C)NC(=O)NC(=O)[C@H](C)OC(=O)c1c[nH]c2ccccc12. The monoisotopic (exact) mass is 317 g/mol. The Hall–Kier alpha value is -2.83. The molecule has 3 amide bonds. The minimum atomic E-state index is -1.09. The predicted molar refractivity (Wildman–Crippen MR) is 85.0 cm³/mol. The van der Waals surface area contributed by atoms with E-state index in [2.05, 4.69) is 15.6 Å². The lowest BCUT2D eigenvalue weighted by Gasteiger charge is -2.14. The third-order valence-electron chi connectivity index (χ3n) is 3.12. The number of aromatic amines is 1. The Balaban J connectivity index is 1.99. The number of para-hydroxylation sites is 1. The molecule has 23 heavy (non-hydrogen) atoms. The Kier molecular flexibility index (Phi) is 5.00. The zero-order valence-electron chi connectivity index (χ0n) is 13.2. The maximum Gasteiger partial charge on any atom is 0.341 e. The maximum atomic E-state index is 12.2. The third kappa shape index (κ3) is 4.09. The van der Waals surface area contributed by atoms with Gasteiger partial charge in [0.05, 0.1) is 5.56 Å². The fourth-order valence-electron chi connectivity index (χ4n) is 2.03. The van der Waals surface area contributed by atoms with Gasteiger partial charge in [-0.2, -0.15) is 0 Å². The molecule has 0 aliphatic carbocycles. The molecular weight excluding hydrogens is 298 g/mol. The first-order valence-electron chi connectivity index (χ1n) is 7.27. The number of H-pyrrole nitrogens is 1. The molecule has 7 heteroatoms. The molecule has 0 saturated carbocycles. The Morgan fingerprint density at radius 2 is 1.83 bits per heavy atom. The van der Waals surface area contributed by atoms with Gasteiger partial charge in [-0.25, -0.2) is 9.59 Å². The minimum absolute atomic E-state index is 0.105. The highest BCUT2D eigenvalue weighted by Gasteiger charge is 2.22. The second-order valence-corrected chi connectivity index (χ2v) is 5.41. The summed E-state index contributed by atoms with van der Waals surface area (Å²) in [6.45, 7) is 4.94. The number of fused-ring (bicyclic) bond motifs is 1. The van der Waals surface area contributed by atoms with E-state index in [1.54, 1.807) is 26.0 Å². The van der Waals surface area contributed by atoms with Crippen molar-refractivity contribution in [1.82, 2.24) is 15.6 Å². The lowest BCUT2D eigenvalue weighted by molar-refractivity contribution is -0.127. The van der Waals surface area contributed by atoms with Gasteiger partial charge in [0.25, 0.3) is 5.91 Å². The number of urea groups is 1. The Morgan fingerprint density at radius 3 is 2.52 bits per heavy atom. The maximum absolute atomic E-state index is 12.2. The minimum Gasteiger partial charge on any atom is -0.449 e. The van der Waals surface area contributed by atoms with Crippen molar-refractivity contribution >= 4 is 28.8 Å². The zero-order valence-corrected chi connectivity index (χ0v) is 13.2. The van der Waals surface area contributed by atoms with Crippen LogP contribution in [0.5, 0.6) is 0 Å². The molecule has 3 N–H and O–H groups in total. The number of hydrogen-bond donors (Lipinski definition) is 3. The molecule has 0 saturated heterocycles. The van der Waals surface area contributed by atoms with Crippen LogP contribution in [0.2, 0.25) is 0 Å². The number of ether oxygens (including phenoxy) is 1. The number of hydrogen-bond acceptors (Lipinski definition) is 4. The lowest BCUT2D eigenvalue weighted by Crippen LogP contribution is -2.46. The van der Waals surface area contributed by atoms with E-state index in [9.17, 15) is 14.4 Å². The molecule has 0 aliphatic heterocycles. The van der Waals surface area contributed by atoms with Gasteiger partial charge in [-0.05, 0) is 26.8 Å². The molecule has 1 heterocycles. The summed E-state index contributed by atoms with van der Waals surface area (Å²) in [5.74, 6) is -1.31. The average molecular weight is 317 g/mol. The number of carbonyl (C=O) groups is 3. The predicted octanol–water partition coefficient (Wildman–Crippen LogP) is 1.95. The van der Waals surface area contributed by atoms with Gasteiger partial charge in [0.15, 0.2) is 6.10 Å². The van der Waals surface area contributed by atoms with Gasteiger partial charge in [0.2, 0.25) is 0 Å². The fraction of sp³-hybridized carbons (Fsp3) is 0.312. The van der Waals surface area contributed by atoms with Gasteiger partial charge in [-0.3, -0.25) is 10.1 Å². The molecule has 0 bridgehead atoms. The Labute approximate surface area is 133 Å². The summed E-state index contributed by atoms with van der Waals surface area (Å²) >= 11 is 0. The molecule has 1 atom stereocenters. The van der Waals surface area contributed by atoms with E-state index >= 15 is 0 Å². The number of rotatable bonds is 4. The van der Waals surface area contributed by atoms with Crippen LogP contribution < -0.4 is 10.6 Å². The quantitative estimate of drug-likeness (QED) is 0.750. The molecule has 0 fully saturated rings. The van der Waals surface area contributed by atoms with Crippen molar-refractivity contribution in [2.75, 3.05) is 0 Å². The van der Waals surface area contributed by atoms with Gasteiger partial charge in [0, 0.05) is 23.1 Å². The number of imide groups is 1. The van der Waals surface area contributed by atoms with Crippen LogP contribution in [0.15, 0.2) is 30.5 Å². The molecule has 0 spiro atoms. The highest BCUT2D eigenvalue weighted by atomic mass is 16.5. The highest BCUT2D eigenvalue weighted by Crippen LogP contribution is 2.18. The molecule has 122 valence electrons. The van der Waals surface area contributed by atoms with Gasteiger partial charge in [-0.15, -0.1) is 0 Å². The van der Waals surface area contributed by atoms with E-state index in [0.29, 0.717) is 10.9 Å². The Bertz CT molecular complexity index is 736. The number of aromatic nitrogens is 1. The summed E-state index contributed by atoms with van der Waals surface area (Å²) in [4.78, 5) is 38.5. The second-order valence-electron chi connectivity index (χ2n) is 5.41. The van der Waals surface area contributed by atoms with Gasteiger partial charge in [0.1, 0.15) is 0 Å². The van der Waals surface area contributed by atoms with Crippen LogP contribution in [-0.4, -0.2) is 35.0 Å². The lowest BCUT2D eigenvalue weighted by atomic mass is 10.2. The van der Waals surface area contributed by atoms with E-state index < -0.39 is 24.0 Å². The normalized spacial score (nSPS) is 12.0. The van der Waals surface area contributed by atoms with Crippen LogP contribution in [-0.2, 0) is 9.53 Å². The van der Waals surface area contributed by atoms with E-state index in [1.807, 2.05) is 12.1 Å². The first-order valence-corrected chi connectivity index (χ1v) is 7.27. The molecule has 0 radical (unpaired) electrons. The third-order valence-corrected chi connectivity index (χ3v) is 3.12. The number of carbonyl (C=O) groups excluding carboxylic acids is 3. The van der Waals surface area contributed by atoms with Crippen molar-refractivity contribution in [2.45, 2.75) is 32.9 Å². The van der Waals surface area contributed by atoms with E-state index in [4.69, 9.17) is 4.74 Å². The highest BCUT2D eigenvalue weighted by molar-refractivity contribution is 6.05. The van der Waals surface area contributed by atoms with Crippen molar-refractivity contribution in [3.8, 4) is 0 Å². The summed E-state index contributed by atoms with van der Waals surface area (Å²) in [6, 6.07) is 6.53. The van der Waals surface area contributed by atoms with Gasteiger partial charge < -0.3 is 15.0 Å². The number of esters is 1. The smallest absolute Gasteiger partial charge is 0.341 e. The molecule has 2 aromatic rings. The van der Waals surface area contributed by atoms with Crippen LogP contribution in [0, 0.1) is 0 Å². The molecule has 0 unspecified atom stereocenters. The zero-order chi connectivity index (χ0) is 17.0. The van der Waals surface area contributed by atoms with Crippen molar-refractivity contribution < 1.29 is 19.1 Å². The van der Waals surface area contributed by atoms with Crippen LogP contribution in [0.3, 0.4) is 0 Å². The summed E-state index contributed by atoms with van der Waals surface area (Å²) < 4.78 is 5.12. The van der Waals surface area contributed by atoms with Gasteiger partial charge in [-0.1, -0.05) is 18.2 Å². The molecule has 0 aliphatic rings. The van der Waals surface area contributed by atoms with E-state index in [1.165, 1.54) is 13.1 Å². The standard InChI is InChI=1S/C16H19N3O4/c1-9(2)18-16(22)19-14(20)10(3)23-15(21)12-8-17-13-7-5-4-6-11(12)13/h4-10,17H,1-3H3,(H2,18,19,20,22)/t10-/m0/s1. The number of amides is 3. The van der Waals surface area contributed by atoms with Crippen molar-refractivity contribution in [3.63, 3.8) is 0 Å². The first kappa shape index (κ1) is 16.5. The molecule has 1 aromatic heterocycles. The number of nitrogens with one attached hydrogen (secondary N) is 3.